The first-order chi connectivity index (χ1) is 13.4. The zero-order valence-corrected chi connectivity index (χ0v) is 16.6. The van der Waals surface area contributed by atoms with Crippen LogP contribution in [0, 0.1) is 0 Å². The normalized spacial score (nSPS) is 25.5. The van der Waals surface area contributed by atoms with Crippen LogP contribution in [0.15, 0.2) is 48.6 Å². The van der Waals surface area contributed by atoms with Crippen molar-refractivity contribution in [2.24, 2.45) is 0 Å². The molecular weight excluding hydrogens is 360 g/mol. The average molecular weight is 395 g/mol. The van der Waals surface area contributed by atoms with Crippen molar-refractivity contribution in [3.8, 4) is 0 Å². The molecule has 0 saturated carbocycles. The largest absolute Gasteiger partial charge is 0.481 e. The molecule has 6 nitrogen and oxygen atoms in total. The third-order valence-electron chi connectivity index (χ3n) is 4.42. The van der Waals surface area contributed by atoms with Gasteiger partial charge in [0.15, 0.2) is 0 Å². The van der Waals surface area contributed by atoms with Crippen LogP contribution < -0.4 is 0 Å². The average Bonchev–Trinajstić information content (AvgIpc) is 3.03. The van der Waals surface area contributed by atoms with Gasteiger partial charge >= 0.3 is 5.97 Å². The highest BCUT2D eigenvalue weighted by Gasteiger charge is 2.35. The summed E-state index contributed by atoms with van der Waals surface area (Å²) in [5.41, 5.74) is 0. The van der Waals surface area contributed by atoms with Crippen LogP contribution in [0.1, 0.15) is 51.9 Å². The third-order valence-corrected chi connectivity index (χ3v) is 4.42. The molecule has 6 heteroatoms. The molecule has 28 heavy (non-hydrogen) atoms. The summed E-state index contributed by atoms with van der Waals surface area (Å²) >= 11 is 0. The Balaban J connectivity index is 2.29. The molecule has 0 bridgehead atoms. The van der Waals surface area contributed by atoms with Crippen molar-refractivity contribution in [3.05, 3.63) is 48.6 Å². The summed E-state index contributed by atoms with van der Waals surface area (Å²) in [5.74, 6) is -0.805. The Morgan fingerprint density at radius 1 is 1.11 bits per heavy atom. The molecule has 0 aliphatic carbocycles. The van der Waals surface area contributed by atoms with Crippen molar-refractivity contribution in [2.75, 3.05) is 0 Å². The van der Waals surface area contributed by atoms with Gasteiger partial charge in [0.2, 0.25) is 0 Å². The van der Waals surface area contributed by atoms with Gasteiger partial charge in [-0.1, -0.05) is 55.5 Å². The standard InChI is InChI=1S/C22H34O6/c1-2-3-8-12-18(24)21-16-19(25)20(28-21)15-14-17(23)11-9-6-4-5-7-10-13-22(26)27/h3,5-9,14-15,17-21,23-25H,2,4,10-13,16H2,1H3,(H,26,27)/b7-5-,8-3-,9-6-,15-14+/t17-,18+,19+,20+,21+/m1/s1. The van der Waals surface area contributed by atoms with Gasteiger partial charge in [-0.3, -0.25) is 4.79 Å². The third kappa shape index (κ3) is 10.6. The van der Waals surface area contributed by atoms with Gasteiger partial charge in [0.05, 0.1) is 24.4 Å². The minimum absolute atomic E-state index is 0.131. The molecule has 0 aromatic carbocycles. The van der Waals surface area contributed by atoms with Gasteiger partial charge in [0.25, 0.3) is 0 Å². The van der Waals surface area contributed by atoms with Gasteiger partial charge in [-0.15, -0.1) is 0 Å². The number of hydrogen-bond acceptors (Lipinski definition) is 5. The first kappa shape index (κ1) is 24.3. The van der Waals surface area contributed by atoms with Crippen LogP contribution in [0.2, 0.25) is 0 Å². The van der Waals surface area contributed by atoms with Gasteiger partial charge in [0.1, 0.15) is 6.10 Å². The van der Waals surface area contributed by atoms with E-state index in [-0.39, 0.29) is 6.42 Å². The van der Waals surface area contributed by atoms with Crippen LogP contribution in [0.25, 0.3) is 0 Å². The quantitative estimate of drug-likeness (QED) is 0.358. The Kier molecular flexibility index (Phi) is 12.4. The minimum atomic E-state index is -0.805. The number of aliphatic hydroxyl groups is 3. The van der Waals surface area contributed by atoms with Crippen molar-refractivity contribution in [2.45, 2.75) is 82.4 Å². The number of rotatable bonds is 13. The van der Waals surface area contributed by atoms with Gasteiger partial charge in [0, 0.05) is 12.8 Å². The molecule has 0 unspecified atom stereocenters. The lowest BCUT2D eigenvalue weighted by molar-refractivity contribution is -0.136. The second-order valence-corrected chi connectivity index (χ2v) is 6.92. The van der Waals surface area contributed by atoms with E-state index in [2.05, 4.69) is 0 Å². The smallest absolute Gasteiger partial charge is 0.303 e. The molecule has 0 amide bonds. The number of carboxylic acid groups (broad SMARTS) is 1. The lowest BCUT2D eigenvalue weighted by atomic mass is 10.0. The van der Waals surface area contributed by atoms with Crippen LogP contribution in [0.5, 0.6) is 0 Å². The first-order valence-electron chi connectivity index (χ1n) is 9.98. The van der Waals surface area contributed by atoms with Gasteiger partial charge in [-0.25, -0.2) is 0 Å². The summed E-state index contributed by atoms with van der Waals surface area (Å²) in [6.07, 6.45) is 15.3. The number of allylic oxidation sites excluding steroid dienone is 4. The number of aliphatic carboxylic acids is 1. The van der Waals surface area contributed by atoms with E-state index in [1.54, 1.807) is 12.2 Å². The zero-order chi connectivity index (χ0) is 20.8. The number of carbonyl (C=O) groups is 1. The van der Waals surface area contributed by atoms with Crippen LogP contribution in [-0.2, 0) is 9.53 Å². The Labute approximate surface area is 167 Å². The van der Waals surface area contributed by atoms with E-state index >= 15 is 0 Å². The van der Waals surface area contributed by atoms with E-state index in [0.717, 1.165) is 6.42 Å². The SMILES string of the molecule is CC/C=C\C[C@H](O)[C@@H]1C[C@H](O)[C@H](/C=C/[C@H](O)C/C=C\C/C=C\CCC(=O)O)O1. The lowest BCUT2D eigenvalue weighted by Gasteiger charge is -2.16. The number of ether oxygens (including phenoxy) is 1. The maximum absolute atomic E-state index is 10.4. The van der Waals surface area contributed by atoms with Crippen LogP contribution in [-0.4, -0.2) is 56.9 Å². The Hall–Kier alpha value is -1.73. The lowest BCUT2D eigenvalue weighted by Crippen LogP contribution is -2.25. The second-order valence-electron chi connectivity index (χ2n) is 6.92. The molecule has 1 aliphatic rings. The summed E-state index contributed by atoms with van der Waals surface area (Å²) in [4.78, 5) is 10.4. The molecule has 1 fully saturated rings. The summed E-state index contributed by atoms with van der Waals surface area (Å²) in [6.45, 7) is 2.03. The first-order valence-corrected chi connectivity index (χ1v) is 9.98. The van der Waals surface area contributed by atoms with Crippen molar-refractivity contribution in [3.63, 3.8) is 0 Å². The molecule has 4 N–H and O–H groups in total. The van der Waals surface area contributed by atoms with Gasteiger partial charge in [-0.2, -0.15) is 0 Å². The predicted molar refractivity (Wildman–Crippen MR) is 109 cm³/mol. The summed E-state index contributed by atoms with van der Waals surface area (Å²) < 4.78 is 5.71. The highest BCUT2D eigenvalue weighted by molar-refractivity contribution is 5.66. The maximum Gasteiger partial charge on any atom is 0.303 e. The Bertz CT molecular complexity index is 551. The van der Waals surface area contributed by atoms with E-state index in [4.69, 9.17) is 9.84 Å². The van der Waals surface area contributed by atoms with Gasteiger partial charge < -0.3 is 25.2 Å². The molecule has 0 spiro atoms. The molecule has 1 saturated heterocycles. The highest BCUT2D eigenvalue weighted by atomic mass is 16.5. The highest BCUT2D eigenvalue weighted by Crippen LogP contribution is 2.25. The zero-order valence-electron chi connectivity index (χ0n) is 16.6. The molecule has 1 aliphatic heterocycles. The van der Waals surface area contributed by atoms with Crippen molar-refractivity contribution in [1.29, 1.82) is 0 Å². The Morgan fingerprint density at radius 2 is 1.82 bits per heavy atom. The van der Waals surface area contributed by atoms with Crippen LogP contribution in [0.4, 0.5) is 0 Å². The number of carboxylic acids is 1. The summed E-state index contributed by atoms with van der Waals surface area (Å²) in [6, 6.07) is 0. The number of hydrogen-bond donors (Lipinski definition) is 4. The van der Waals surface area contributed by atoms with Crippen molar-refractivity contribution >= 4 is 5.97 Å². The molecule has 1 rings (SSSR count). The Morgan fingerprint density at radius 3 is 2.54 bits per heavy atom. The van der Waals surface area contributed by atoms with E-state index in [1.165, 1.54) is 0 Å². The maximum atomic E-state index is 10.4. The fraction of sp³-hybridized carbons (Fsp3) is 0.591. The van der Waals surface area contributed by atoms with E-state index < -0.39 is 36.5 Å². The molecule has 0 radical (unpaired) electrons. The molecule has 0 aromatic rings. The fourth-order valence-corrected chi connectivity index (χ4v) is 2.84. The summed E-state index contributed by atoms with van der Waals surface area (Å²) in [5, 5.41) is 38.8. The minimum Gasteiger partial charge on any atom is -0.481 e. The monoisotopic (exact) mass is 394 g/mol. The van der Waals surface area contributed by atoms with E-state index in [9.17, 15) is 20.1 Å². The van der Waals surface area contributed by atoms with Crippen molar-refractivity contribution < 1.29 is 30.0 Å². The summed E-state index contributed by atoms with van der Waals surface area (Å²) in [7, 11) is 0. The molecule has 5 atom stereocenters. The van der Waals surface area contributed by atoms with Crippen molar-refractivity contribution in [1.82, 2.24) is 0 Å². The molecule has 0 aromatic heterocycles. The molecule has 158 valence electrons. The van der Waals surface area contributed by atoms with Crippen LogP contribution in [0.3, 0.4) is 0 Å². The second kappa shape index (κ2) is 14.3. The fourth-order valence-electron chi connectivity index (χ4n) is 2.84. The molecule has 1 heterocycles. The molecular formula is C22H34O6. The van der Waals surface area contributed by atoms with E-state index in [0.29, 0.717) is 32.1 Å². The van der Waals surface area contributed by atoms with Gasteiger partial charge in [-0.05, 0) is 32.1 Å². The van der Waals surface area contributed by atoms with Crippen LogP contribution >= 0.6 is 0 Å². The predicted octanol–water partition coefficient (Wildman–Crippen LogP) is 2.90. The topological polar surface area (TPSA) is 107 Å². The number of aliphatic hydroxyl groups excluding tert-OH is 3. The van der Waals surface area contributed by atoms with E-state index in [1.807, 2.05) is 43.4 Å².